The fraction of sp³-hybridized carbons (Fsp3) is 0.600. The van der Waals surface area contributed by atoms with Gasteiger partial charge in [-0.2, -0.15) is 0 Å². The van der Waals surface area contributed by atoms with E-state index in [0.29, 0.717) is 5.56 Å². The lowest BCUT2D eigenvalue weighted by Gasteiger charge is -2.43. The number of piperazine rings is 1. The number of benzene rings is 1. The first kappa shape index (κ1) is 15.7. The third kappa shape index (κ3) is 3.14. The molecule has 1 aromatic rings. The molecule has 1 aromatic carbocycles. The number of hydrogen-bond donors (Lipinski definition) is 2. The standard InChI is InChI=1S/C15H22ClFN2O/c1-15(2,10-20)14(19-8-6-18-7-9-19)11-4-3-5-12(16)13(11)17/h3-5,14,18,20H,6-10H2,1-2H3/t14-/m0/s1. The highest BCUT2D eigenvalue weighted by atomic mass is 35.5. The van der Waals surface area contributed by atoms with Gasteiger partial charge in [0.05, 0.1) is 5.02 Å². The van der Waals surface area contributed by atoms with Crippen LogP contribution in [0.4, 0.5) is 4.39 Å². The number of nitrogens with zero attached hydrogens (tertiary/aromatic N) is 1. The van der Waals surface area contributed by atoms with Gasteiger partial charge in [-0.25, -0.2) is 4.39 Å². The van der Waals surface area contributed by atoms with E-state index in [-0.39, 0.29) is 23.5 Å². The summed E-state index contributed by atoms with van der Waals surface area (Å²) in [6.45, 7) is 7.33. The second kappa shape index (κ2) is 6.39. The van der Waals surface area contributed by atoms with Crippen molar-refractivity contribution in [2.75, 3.05) is 32.8 Å². The minimum atomic E-state index is -0.442. The van der Waals surface area contributed by atoms with Crippen molar-refractivity contribution in [1.82, 2.24) is 10.2 Å². The molecule has 0 saturated carbocycles. The van der Waals surface area contributed by atoms with Crippen LogP contribution in [-0.4, -0.2) is 42.8 Å². The van der Waals surface area contributed by atoms with Crippen LogP contribution < -0.4 is 5.32 Å². The van der Waals surface area contributed by atoms with Crippen molar-refractivity contribution in [1.29, 1.82) is 0 Å². The molecule has 0 amide bonds. The number of rotatable bonds is 4. The van der Waals surface area contributed by atoms with Crippen LogP contribution in [0.15, 0.2) is 18.2 Å². The first-order valence-corrected chi connectivity index (χ1v) is 7.34. The molecule has 20 heavy (non-hydrogen) atoms. The molecule has 0 aliphatic carbocycles. The highest BCUT2D eigenvalue weighted by Crippen LogP contribution is 2.40. The van der Waals surface area contributed by atoms with Crippen LogP contribution in [0.3, 0.4) is 0 Å². The summed E-state index contributed by atoms with van der Waals surface area (Å²) in [4.78, 5) is 2.22. The maximum absolute atomic E-state index is 14.4. The number of nitrogens with one attached hydrogen (secondary N) is 1. The second-order valence-corrected chi connectivity index (χ2v) is 6.39. The molecule has 112 valence electrons. The van der Waals surface area contributed by atoms with Gasteiger partial charge in [-0.15, -0.1) is 0 Å². The zero-order valence-electron chi connectivity index (χ0n) is 12.0. The summed E-state index contributed by atoms with van der Waals surface area (Å²) in [6, 6.07) is 4.91. The Kier molecular flexibility index (Phi) is 5.02. The third-order valence-corrected chi connectivity index (χ3v) is 4.23. The number of halogens is 2. The molecule has 5 heteroatoms. The maximum atomic E-state index is 14.4. The Morgan fingerprint density at radius 1 is 1.40 bits per heavy atom. The van der Waals surface area contributed by atoms with Crippen LogP contribution in [0.5, 0.6) is 0 Å². The van der Waals surface area contributed by atoms with E-state index in [1.165, 1.54) is 0 Å². The van der Waals surface area contributed by atoms with Gasteiger partial charge < -0.3 is 10.4 Å². The lowest BCUT2D eigenvalue weighted by atomic mass is 9.79. The molecule has 1 saturated heterocycles. The highest BCUT2D eigenvalue weighted by molar-refractivity contribution is 6.30. The van der Waals surface area contributed by atoms with Gasteiger partial charge in [0.1, 0.15) is 5.82 Å². The Morgan fingerprint density at radius 3 is 2.65 bits per heavy atom. The van der Waals surface area contributed by atoms with E-state index in [2.05, 4.69) is 10.2 Å². The first-order valence-electron chi connectivity index (χ1n) is 6.97. The Bertz CT molecular complexity index is 461. The van der Waals surface area contributed by atoms with Gasteiger partial charge in [0.15, 0.2) is 0 Å². The molecule has 0 spiro atoms. The van der Waals surface area contributed by atoms with E-state index >= 15 is 0 Å². The summed E-state index contributed by atoms with van der Waals surface area (Å²) in [5, 5.41) is 13.1. The second-order valence-electron chi connectivity index (χ2n) is 5.98. The molecule has 0 unspecified atom stereocenters. The zero-order chi connectivity index (χ0) is 14.8. The van der Waals surface area contributed by atoms with Crippen molar-refractivity contribution in [2.24, 2.45) is 5.41 Å². The largest absolute Gasteiger partial charge is 0.396 e. The Hall–Kier alpha value is -0.680. The van der Waals surface area contributed by atoms with Gasteiger partial charge in [-0.3, -0.25) is 4.90 Å². The number of aliphatic hydroxyl groups excluding tert-OH is 1. The predicted molar refractivity (Wildman–Crippen MR) is 79.5 cm³/mol. The van der Waals surface area contributed by atoms with Gasteiger partial charge in [0.2, 0.25) is 0 Å². The summed E-state index contributed by atoms with van der Waals surface area (Å²) in [5.74, 6) is -0.376. The fourth-order valence-electron chi connectivity index (χ4n) is 2.87. The molecule has 3 nitrogen and oxygen atoms in total. The fourth-order valence-corrected chi connectivity index (χ4v) is 3.05. The summed E-state index contributed by atoms with van der Waals surface area (Å²) >= 11 is 5.92. The maximum Gasteiger partial charge on any atom is 0.146 e. The molecule has 1 aliphatic rings. The minimum absolute atomic E-state index is 0.00640. The molecule has 0 bridgehead atoms. The minimum Gasteiger partial charge on any atom is -0.396 e. The predicted octanol–water partition coefficient (Wildman–Crippen LogP) is 2.44. The molecule has 2 rings (SSSR count). The molecular weight excluding hydrogens is 279 g/mol. The molecule has 0 aromatic heterocycles. The van der Waals surface area contributed by atoms with E-state index in [4.69, 9.17) is 11.6 Å². The van der Waals surface area contributed by atoms with E-state index in [9.17, 15) is 9.50 Å². The van der Waals surface area contributed by atoms with E-state index in [1.807, 2.05) is 13.8 Å². The van der Waals surface area contributed by atoms with Crippen LogP contribution >= 0.6 is 11.6 Å². The lowest BCUT2D eigenvalue weighted by Crippen LogP contribution is -2.49. The zero-order valence-corrected chi connectivity index (χ0v) is 12.8. The van der Waals surface area contributed by atoms with E-state index in [1.54, 1.807) is 18.2 Å². The van der Waals surface area contributed by atoms with Crippen molar-refractivity contribution >= 4 is 11.6 Å². The molecule has 1 aliphatic heterocycles. The van der Waals surface area contributed by atoms with Crippen LogP contribution in [-0.2, 0) is 0 Å². The van der Waals surface area contributed by atoms with Crippen molar-refractivity contribution in [3.05, 3.63) is 34.6 Å². The van der Waals surface area contributed by atoms with E-state index < -0.39 is 5.41 Å². The summed E-state index contributed by atoms with van der Waals surface area (Å²) in [6.07, 6.45) is 0. The smallest absolute Gasteiger partial charge is 0.146 e. The van der Waals surface area contributed by atoms with Crippen molar-refractivity contribution in [3.63, 3.8) is 0 Å². The first-order chi connectivity index (χ1) is 9.47. The van der Waals surface area contributed by atoms with Crippen LogP contribution in [0.2, 0.25) is 5.02 Å². The van der Waals surface area contributed by atoms with Crippen LogP contribution in [0.1, 0.15) is 25.5 Å². The number of aliphatic hydroxyl groups is 1. The summed E-state index contributed by atoms with van der Waals surface area (Å²) < 4.78 is 14.4. The quantitative estimate of drug-likeness (QED) is 0.896. The molecule has 1 heterocycles. The lowest BCUT2D eigenvalue weighted by molar-refractivity contribution is 0.0286. The Morgan fingerprint density at radius 2 is 2.05 bits per heavy atom. The Labute approximate surface area is 124 Å². The average Bonchev–Trinajstić information content (AvgIpc) is 2.45. The summed E-state index contributed by atoms with van der Waals surface area (Å²) in [5.41, 5.74) is 0.126. The van der Waals surface area contributed by atoms with Crippen molar-refractivity contribution in [3.8, 4) is 0 Å². The average molecular weight is 301 g/mol. The topological polar surface area (TPSA) is 35.5 Å². The van der Waals surface area contributed by atoms with E-state index in [0.717, 1.165) is 26.2 Å². The number of hydrogen-bond acceptors (Lipinski definition) is 3. The highest BCUT2D eigenvalue weighted by Gasteiger charge is 2.37. The normalized spacial score (nSPS) is 19.1. The molecule has 1 atom stereocenters. The molecular formula is C15H22ClFN2O. The van der Waals surface area contributed by atoms with Gasteiger partial charge >= 0.3 is 0 Å². The SMILES string of the molecule is CC(C)(CO)[C@H](c1cccc(Cl)c1F)N1CCNCC1. The Balaban J connectivity index is 2.42. The molecule has 2 N–H and O–H groups in total. The van der Waals surface area contributed by atoms with Crippen LogP contribution in [0, 0.1) is 11.2 Å². The molecule has 0 radical (unpaired) electrons. The molecule has 1 fully saturated rings. The van der Waals surface area contributed by atoms with Gasteiger partial charge in [-0.05, 0) is 6.07 Å². The van der Waals surface area contributed by atoms with Crippen molar-refractivity contribution < 1.29 is 9.50 Å². The summed E-state index contributed by atoms with van der Waals surface area (Å²) in [7, 11) is 0. The van der Waals surface area contributed by atoms with Gasteiger partial charge in [0.25, 0.3) is 0 Å². The van der Waals surface area contributed by atoms with Gasteiger partial charge in [-0.1, -0.05) is 37.6 Å². The van der Waals surface area contributed by atoms with Crippen LogP contribution in [0.25, 0.3) is 0 Å². The van der Waals surface area contributed by atoms with Crippen molar-refractivity contribution in [2.45, 2.75) is 19.9 Å². The van der Waals surface area contributed by atoms with Gasteiger partial charge in [0, 0.05) is 49.8 Å². The third-order valence-electron chi connectivity index (χ3n) is 3.94. The monoisotopic (exact) mass is 300 g/mol.